The van der Waals surface area contributed by atoms with Gasteiger partial charge in [0, 0.05) is 19.2 Å². The fraction of sp³-hybridized carbons (Fsp3) is 0.750. The van der Waals surface area contributed by atoms with Crippen LogP contribution in [-0.4, -0.2) is 18.2 Å². The highest BCUT2D eigenvalue weighted by molar-refractivity contribution is 8.21. The van der Waals surface area contributed by atoms with E-state index in [1.165, 1.54) is 17.9 Å². The van der Waals surface area contributed by atoms with E-state index in [2.05, 4.69) is 5.32 Å². The van der Waals surface area contributed by atoms with Gasteiger partial charge < -0.3 is 5.32 Å². The third kappa shape index (κ3) is 6.11. The molecule has 0 rings (SSSR count). The molecule has 0 unspecified atom stereocenters. The monoisotopic (exact) mass is 153 g/mol. The second-order valence-electron chi connectivity index (χ2n) is 1.30. The Balaban J connectivity index is 2.82. The number of halogens is 1. The number of hydrogen-bond acceptors (Lipinski definition) is 2. The molecule has 0 aliphatic rings. The Bertz CT molecular complexity index is 78.4. The fourth-order valence-electron chi connectivity index (χ4n) is 0.266. The topological polar surface area (TPSA) is 29.1 Å². The van der Waals surface area contributed by atoms with E-state index in [1.54, 1.807) is 0 Å². The third-order valence-corrected chi connectivity index (χ3v) is 1.37. The largest absolute Gasteiger partial charge is 0.355 e. The summed E-state index contributed by atoms with van der Waals surface area (Å²) < 4.78 is 0. The van der Waals surface area contributed by atoms with Crippen LogP contribution in [-0.2, 0) is 4.79 Å². The zero-order valence-corrected chi connectivity index (χ0v) is 6.18. The van der Waals surface area contributed by atoms with Crippen LogP contribution in [0.5, 0.6) is 0 Å². The van der Waals surface area contributed by atoms with Crippen LogP contribution in [0, 0.1) is 0 Å². The predicted molar refractivity (Wildman–Crippen MR) is 37.0 cm³/mol. The number of nitrogens with one attached hydrogen (secondary N) is 1. The average Bonchev–Trinajstić information content (AvgIpc) is 1.66. The first kappa shape index (κ1) is 8.11. The van der Waals surface area contributed by atoms with E-state index in [4.69, 9.17) is 10.7 Å². The van der Waals surface area contributed by atoms with Gasteiger partial charge in [0.25, 0.3) is 0 Å². The standard InChI is InChI=1S/C4H8ClNOS/c1-4(7)6-2-3-8-5/h2-3H2,1H3,(H,6,7). The molecular formula is C4H8ClNOS. The molecule has 2 nitrogen and oxygen atoms in total. The van der Waals surface area contributed by atoms with E-state index < -0.39 is 0 Å². The molecule has 0 aliphatic heterocycles. The minimum absolute atomic E-state index is 0.00397. The summed E-state index contributed by atoms with van der Waals surface area (Å²) in [4.78, 5) is 10.2. The van der Waals surface area contributed by atoms with Gasteiger partial charge in [-0.1, -0.05) is 11.0 Å². The van der Waals surface area contributed by atoms with Crippen LogP contribution in [0.4, 0.5) is 0 Å². The van der Waals surface area contributed by atoms with Crippen LogP contribution >= 0.6 is 21.7 Å². The molecule has 1 amide bonds. The van der Waals surface area contributed by atoms with Crippen molar-refractivity contribution >= 4 is 27.6 Å². The first-order chi connectivity index (χ1) is 3.77. The highest BCUT2D eigenvalue weighted by Crippen LogP contribution is 2.02. The van der Waals surface area contributed by atoms with Crippen molar-refractivity contribution in [3.05, 3.63) is 0 Å². The normalized spacial score (nSPS) is 8.75. The number of amides is 1. The van der Waals surface area contributed by atoms with Gasteiger partial charge in [0.05, 0.1) is 0 Å². The molecule has 0 spiro atoms. The fourth-order valence-corrected chi connectivity index (χ4v) is 0.676. The molecule has 8 heavy (non-hydrogen) atoms. The lowest BCUT2D eigenvalue weighted by Gasteiger charge is -1.95. The molecule has 0 aromatic carbocycles. The Morgan fingerprint density at radius 3 is 2.88 bits per heavy atom. The Hall–Kier alpha value is 0.110. The van der Waals surface area contributed by atoms with E-state index >= 15 is 0 Å². The van der Waals surface area contributed by atoms with E-state index in [0.717, 1.165) is 5.75 Å². The van der Waals surface area contributed by atoms with Crippen LogP contribution < -0.4 is 5.32 Å². The summed E-state index contributed by atoms with van der Waals surface area (Å²) in [6, 6.07) is 0. The molecule has 0 heterocycles. The van der Waals surface area contributed by atoms with Crippen molar-refractivity contribution in [2.24, 2.45) is 0 Å². The summed E-state index contributed by atoms with van der Waals surface area (Å²) in [5, 5.41) is 2.60. The maximum Gasteiger partial charge on any atom is 0.216 e. The van der Waals surface area contributed by atoms with Gasteiger partial charge in [-0.2, -0.15) is 0 Å². The number of carbonyl (C=O) groups excluding carboxylic acids is 1. The summed E-state index contributed by atoms with van der Waals surface area (Å²) >= 11 is 0. The molecule has 0 fully saturated rings. The van der Waals surface area contributed by atoms with Crippen molar-refractivity contribution in [2.45, 2.75) is 6.92 Å². The molecule has 0 aromatic rings. The van der Waals surface area contributed by atoms with Crippen molar-refractivity contribution in [3.63, 3.8) is 0 Å². The second kappa shape index (κ2) is 5.25. The first-order valence-corrected chi connectivity index (χ1v) is 4.06. The van der Waals surface area contributed by atoms with Crippen LogP contribution in [0.25, 0.3) is 0 Å². The van der Waals surface area contributed by atoms with Gasteiger partial charge in [-0.15, -0.1) is 0 Å². The van der Waals surface area contributed by atoms with Crippen LogP contribution in [0.15, 0.2) is 0 Å². The lowest BCUT2D eigenvalue weighted by Crippen LogP contribution is -2.21. The summed E-state index contributed by atoms with van der Waals surface area (Å²) in [7, 11) is 6.45. The quantitative estimate of drug-likeness (QED) is 0.614. The van der Waals surface area contributed by atoms with Crippen molar-refractivity contribution in [3.8, 4) is 0 Å². The predicted octanol–water partition coefficient (Wildman–Crippen LogP) is 1.01. The molecule has 0 saturated heterocycles. The molecule has 0 aliphatic carbocycles. The van der Waals surface area contributed by atoms with Crippen LogP contribution in [0.1, 0.15) is 6.92 Å². The first-order valence-electron chi connectivity index (χ1n) is 2.25. The number of hydrogen-bond donors (Lipinski definition) is 1. The van der Waals surface area contributed by atoms with Crippen molar-refractivity contribution < 1.29 is 4.79 Å². The minimum atomic E-state index is -0.00397. The van der Waals surface area contributed by atoms with Gasteiger partial charge in [-0.25, -0.2) is 0 Å². The van der Waals surface area contributed by atoms with Gasteiger partial charge in [-0.05, 0) is 10.7 Å². The van der Waals surface area contributed by atoms with Crippen molar-refractivity contribution in [1.29, 1.82) is 0 Å². The lowest BCUT2D eigenvalue weighted by molar-refractivity contribution is -0.118. The molecule has 0 saturated carbocycles. The summed E-state index contributed by atoms with van der Waals surface area (Å²) in [6.45, 7) is 2.14. The van der Waals surface area contributed by atoms with Crippen LogP contribution in [0.3, 0.4) is 0 Å². The highest BCUT2D eigenvalue weighted by Gasteiger charge is 1.87. The number of carbonyl (C=O) groups is 1. The van der Waals surface area contributed by atoms with E-state index in [-0.39, 0.29) is 5.91 Å². The lowest BCUT2D eigenvalue weighted by atomic mass is 10.6. The van der Waals surface area contributed by atoms with Crippen molar-refractivity contribution in [1.82, 2.24) is 5.32 Å². The third-order valence-electron chi connectivity index (χ3n) is 0.553. The Kier molecular flexibility index (Phi) is 5.32. The molecule has 0 bridgehead atoms. The molecular weight excluding hydrogens is 146 g/mol. The van der Waals surface area contributed by atoms with Crippen molar-refractivity contribution in [2.75, 3.05) is 12.3 Å². The SMILES string of the molecule is CC(=O)NCCSCl. The summed E-state index contributed by atoms with van der Waals surface area (Å²) in [5.41, 5.74) is 0. The van der Waals surface area contributed by atoms with Gasteiger partial charge in [0.15, 0.2) is 0 Å². The van der Waals surface area contributed by atoms with E-state index in [0.29, 0.717) is 6.54 Å². The Labute approximate surface area is 57.5 Å². The van der Waals surface area contributed by atoms with Gasteiger partial charge in [-0.3, -0.25) is 4.79 Å². The average molecular weight is 154 g/mol. The molecule has 4 heteroatoms. The van der Waals surface area contributed by atoms with E-state index in [1.807, 2.05) is 0 Å². The maximum atomic E-state index is 10.2. The minimum Gasteiger partial charge on any atom is -0.355 e. The molecule has 48 valence electrons. The molecule has 0 atom stereocenters. The molecule has 0 aromatic heterocycles. The Morgan fingerprint density at radius 2 is 2.50 bits per heavy atom. The van der Waals surface area contributed by atoms with Gasteiger partial charge in [0.2, 0.25) is 5.91 Å². The van der Waals surface area contributed by atoms with Gasteiger partial charge >= 0.3 is 0 Å². The number of rotatable bonds is 3. The molecule has 0 radical (unpaired) electrons. The zero-order valence-electron chi connectivity index (χ0n) is 4.61. The van der Waals surface area contributed by atoms with Gasteiger partial charge in [0.1, 0.15) is 0 Å². The second-order valence-corrected chi connectivity index (χ2v) is 2.58. The summed E-state index contributed by atoms with van der Waals surface area (Å²) in [5.74, 6) is 0.761. The summed E-state index contributed by atoms with van der Waals surface area (Å²) in [6.07, 6.45) is 0. The Morgan fingerprint density at radius 1 is 1.88 bits per heavy atom. The smallest absolute Gasteiger partial charge is 0.216 e. The molecule has 1 N–H and O–H groups in total. The van der Waals surface area contributed by atoms with E-state index in [9.17, 15) is 4.79 Å². The highest BCUT2D eigenvalue weighted by atomic mass is 35.7. The van der Waals surface area contributed by atoms with Crippen LogP contribution in [0.2, 0.25) is 0 Å². The zero-order chi connectivity index (χ0) is 6.41. The maximum absolute atomic E-state index is 10.2.